The molecule has 0 bridgehead atoms. The Morgan fingerprint density at radius 2 is 1.61 bits per heavy atom. The highest BCUT2D eigenvalue weighted by Gasteiger charge is 2.72. The quantitative estimate of drug-likeness (QED) is 0.102. The zero-order valence-electron chi connectivity index (χ0n) is 35.4. The summed E-state index contributed by atoms with van der Waals surface area (Å²) in [7, 11) is 0. The second-order valence-electron chi connectivity index (χ2n) is 20.3. The van der Waals surface area contributed by atoms with Gasteiger partial charge in [0, 0.05) is 25.2 Å². The Balaban J connectivity index is 1.06. The lowest BCUT2D eigenvalue weighted by molar-refractivity contribution is -0.229. The molecule has 1 aliphatic heterocycles. The number of esters is 1. The van der Waals surface area contributed by atoms with Gasteiger partial charge in [-0.15, -0.1) is 0 Å². The molecule has 1 saturated heterocycles. The topological polar surface area (TPSA) is 88.5 Å². The van der Waals surface area contributed by atoms with Crippen LogP contribution in [0.25, 0.3) is 5.57 Å². The van der Waals surface area contributed by atoms with Gasteiger partial charge in [-0.1, -0.05) is 102 Å². The number of rotatable bonds is 11. The van der Waals surface area contributed by atoms with E-state index in [1.165, 1.54) is 36.0 Å². The van der Waals surface area contributed by atoms with Crippen LogP contribution in [-0.2, 0) is 25.6 Å². The van der Waals surface area contributed by atoms with Crippen molar-refractivity contribution in [1.82, 2.24) is 4.90 Å². The number of aliphatic hydroxyl groups is 2. The SMILES string of the molecule is C=C(COCCN1CCOCC1)C1CCC2(C(=O)OCc3ccccc3)CCC3(C)C(CCC4C5(C)CC=C(c6ccc(C(O)O)cc6)C(C)(C)C5CCC43C)C12. The van der Waals surface area contributed by atoms with Gasteiger partial charge in [0.1, 0.15) is 6.61 Å². The molecule has 1 heterocycles. The molecule has 0 aromatic heterocycles. The first-order valence-corrected chi connectivity index (χ1v) is 22.2. The maximum absolute atomic E-state index is 14.7. The zero-order chi connectivity index (χ0) is 40.2. The summed E-state index contributed by atoms with van der Waals surface area (Å²) in [6.07, 6.45) is 10.6. The van der Waals surface area contributed by atoms with E-state index in [-0.39, 0.29) is 39.5 Å². The van der Waals surface area contributed by atoms with E-state index in [1.807, 2.05) is 30.3 Å². The van der Waals surface area contributed by atoms with Gasteiger partial charge in [0.15, 0.2) is 6.29 Å². The molecule has 9 unspecified atom stereocenters. The van der Waals surface area contributed by atoms with Crippen molar-refractivity contribution in [1.29, 1.82) is 0 Å². The zero-order valence-corrected chi connectivity index (χ0v) is 35.4. The van der Waals surface area contributed by atoms with E-state index in [0.717, 1.165) is 76.9 Å². The molecule has 0 radical (unpaired) electrons. The van der Waals surface area contributed by atoms with Gasteiger partial charge in [-0.25, -0.2) is 0 Å². The highest BCUT2D eigenvalue weighted by atomic mass is 16.5. The molecule has 0 spiro atoms. The fourth-order valence-corrected chi connectivity index (χ4v) is 14.5. The minimum absolute atomic E-state index is 0.0121. The van der Waals surface area contributed by atoms with E-state index in [2.05, 4.69) is 69.9 Å². The van der Waals surface area contributed by atoms with Crippen LogP contribution in [0.3, 0.4) is 0 Å². The first-order chi connectivity index (χ1) is 27.2. The second-order valence-corrected chi connectivity index (χ2v) is 20.3. The molecular formula is C50H69NO6. The minimum atomic E-state index is -1.45. The summed E-state index contributed by atoms with van der Waals surface area (Å²) in [6, 6.07) is 18.0. The molecule has 8 rings (SSSR count). The van der Waals surface area contributed by atoms with Gasteiger partial charge in [0.05, 0.1) is 31.8 Å². The smallest absolute Gasteiger partial charge is 0.312 e. The van der Waals surface area contributed by atoms with Crippen LogP contribution in [-0.4, -0.2) is 67.1 Å². The molecule has 9 atom stereocenters. The van der Waals surface area contributed by atoms with Crippen LogP contribution in [0.2, 0.25) is 0 Å². The van der Waals surface area contributed by atoms with Crippen molar-refractivity contribution in [2.24, 2.45) is 56.7 Å². The number of carbonyl (C=O) groups excluding carboxylic acids is 1. The number of morpholine rings is 1. The van der Waals surface area contributed by atoms with Gasteiger partial charge in [-0.05, 0) is 131 Å². The molecule has 2 aromatic carbocycles. The van der Waals surface area contributed by atoms with E-state index >= 15 is 0 Å². The predicted molar refractivity (Wildman–Crippen MR) is 225 cm³/mol. The largest absolute Gasteiger partial charge is 0.460 e. The average Bonchev–Trinajstić information content (AvgIpc) is 3.60. The predicted octanol–water partition coefficient (Wildman–Crippen LogP) is 9.39. The van der Waals surface area contributed by atoms with Crippen LogP contribution in [0.5, 0.6) is 0 Å². The summed E-state index contributed by atoms with van der Waals surface area (Å²) < 4.78 is 18.3. The molecule has 5 fully saturated rings. The number of nitrogens with zero attached hydrogens (tertiary/aromatic N) is 1. The molecule has 7 nitrogen and oxygen atoms in total. The van der Waals surface area contributed by atoms with Crippen LogP contribution < -0.4 is 0 Å². The van der Waals surface area contributed by atoms with E-state index in [0.29, 0.717) is 43.1 Å². The number of benzene rings is 2. The highest BCUT2D eigenvalue weighted by Crippen LogP contribution is 2.78. The summed E-state index contributed by atoms with van der Waals surface area (Å²) in [6.45, 7) is 23.5. The Morgan fingerprint density at radius 3 is 2.33 bits per heavy atom. The molecular weight excluding hydrogens is 711 g/mol. The van der Waals surface area contributed by atoms with E-state index in [9.17, 15) is 15.0 Å². The number of carbonyl (C=O) groups is 1. The van der Waals surface area contributed by atoms with Crippen LogP contribution in [0.15, 0.2) is 72.8 Å². The summed E-state index contributed by atoms with van der Waals surface area (Å²) >= 11 is 0. The Kier molecular flexibility index (Phi) is 11.2. The van der Waals surface area contributed by atoms with Crippen molar-refractivity contribution in [3.05, 3.63) is 89.5 Å². The Labute approximate surface area is 342 Å². The molecule has 7 heteroatoms. The van der Waals surface area contributed by atoms with Crippen molar-refractivity contribution in [3.8, 4) is 0 Å². The Hall–Kier alpha value is -2.81. The monoisotopic (exact) mass is 780 g/mol. The Morgan fingerprint density at radius 1 is 0.877 bits per heavy atom. The molecule has 57 heavy (non-hydrogen) atoms. The third-order valence-corrected chi connectivity index (χ3v) is 17.6. The summed E-state index contributed by atoms with van der Waals surface area (Å²) in [4.78, 5) is 17.1. The third kappa shape index (κ3) is 6.89. The normalized spacial score (nSPS) is 37.3. The van der Waals surface area contributed by atoms with Crippen molar-refractivity contribution in [3.63, 3.8) is 0 Å². The molecule has 310 valence electrons. The molecule has 2 aromatic rings. The van der Waals surface area contributed by atoms with Crippen molar-refractivity contribution < 1.29 is 29.2 Å². The molecule has 5 aliphatic carbocycles. The van der Waals surface area contributed by atoms with E-state index in [4.69, 9.17) is 20.8 Å². The highest BCUT2D eigenvalue weighted by molar-refractivity contribution is 5.78. The van der Waals surface area contributed by atoms with Crippen molar-refractivity contribution >= 4 is 11.5 Å². The second kappa shape index (κ2) is 15.7. The fourth-order valence-electron chi connectivity index (χ4n) is 14.5. The van der Waals surface area contributed by atoms with Gasteiger partial charge >= 0.3 is 5.97 Å². The van der Waals surface area contributed by atoms with Crippen LogP contribution >= 0.6 is 0 Å². The number of aliphatic hydroxyl groups excluding tert-OH is 1. The lowest BCUT2D eigenvalue weighted by Gasteiger charge is -2.72. The van der Waals surface area contributed by atoms with E-state index in [1.54, 1.807) is 0 Å². The number of fused-ring (bicyclic) bond motifs is 7. The molecule has 6 aliphatic rings. The van der Waals surface area contributed by atoms with Gasteiger partial charge < -0.3 is 24.4 Å². The number of hydrogen-bond acceptors (Lipinski definition) is 7. The van der Waals surface area contributed by atoms with Gasteiger partial charge in [-0.3, -0.25) is 9.69 Å². The maximum atomic E-state index is 14.7. The lowest BCUT2D eigenvalue weighted by atomic mass is 9.32. The number of allylic oxidation sites excluding steroid dienone is 2. The van der Waals surface area contributed by atoms with Gasteiger partial charge in [-0.2, -0.15) is 0 Å². The molecule has 4 saturated carbocycles. The van der Waals surface area contributed by atoms with Crippen LogP contribution in [0.1, 0.15) is 115 Å². The Bertz CT molecular complexity index is 1800. The van der Waals surface area contributed by atoms with E-state index < -0.39 is 11.7 Å². The lowest BCUT2D eigenvalue weighted by Crippen LogP contribution is -2.66. The van der Waals surface area contributed by atoms with Crippen LogP contribution in [0.4, 0.5) is 0 Å². The van der Waals surface area contributed by atoms with Crippen LogP contribution in [0, 0.1) is 56.7 Å². The number of hydrogen-bond donors (Lipinski definition) is 2. The average molecular weight is 780 g/mol. The van der Waals surface area contributed by atoms with Gasteiger partial charge in [0.2, 0.25) is 0 Å². The van der Waals surface area contributed by atoms with Gasteiger partial charge in [0.25, 0.3) is 0 Å². The minimum Gasteiger partial charge on any atom is -0.460 e. The summed E-state index contributed by atoms with van der Waals surface area (Å²) in [5, 5.41) is 19.5. The maximum Gasteiger partial charge on any atom is 0.312 e. The summed E-state index contributed by atoms with van der Waals surface area (Å²) in [5.74, 6) is 1.99. The fraction of sp³-hybridized carbons (Fsp3) is 0.660. The van der Waals surface area contributed by atoms with Crippen molar-refractivity contribution in [2.75, 3.05) is 46.1 Å². The number of ether oxygens (including phenoxy) is 3. The van der Waals surface area contributed by atoms with Crippen molar-refractivity contribution in [2.45, 2.75) is 105 Å². The molecule has 0 amide bonds. The summed E-state index contributed by atoms with van der Waals surface area (Å²) in [5.41, 5.74) is 5.20. The third-order valence-electron chi connectivity index (χ3n) is 17.6. The first-order valence-electron chi connectivity index (χ1n) is 22.2. The molecule has 2 N–H and O–H groups in total. The first kappa shape index (κ1) is 40.9. The standard InChI is InChI=1S/C50H69NO6/c1-34(32-56-31-28-51-26-29-55-30-27-51)38-18-23-50(45(54)57-33-35-10-8-7-9-11-35)25-24-48(5)40(43(38)50)16-17-42-47(4)21-19-39(36-12-14-37(15-13-36)44(52)53)46(2,3)41(47)20-22-49(42,48)6/h7-15,19,38,40-44,52-53H,1,16-18,20-33H2,2-6H3.